The molecule has 26 heavy (non-hydrogen) atoms. The molecule has 0 aliphatic heterocycles. The highest BCUT2D eigenvalue weighted by Crippen LogP contribution is 2.17. The molecule has 0 aliphatic carbocycles. The summed E-state index contributed by atoms with van der Waals surface area (Å²) in [6, 6.07) is 13.5. The summed E-state index contributed by atoms with van der Waals surface area (Å²) in [5.41, 5.74) is 0.621. The van der Waals surface area contributed by atoms with Crippen molar-refractivity contribution in [3.63, 3.8) is 0 Å². The smallest absolute Gasteiger partial charge is 0.292 e. The molecule has 2 aromatic heterocycles. The van der Waals surface area contributed by atoms with Crippen LogP contribution in [0.4, 0.5) is 5.82 Å². The molecule has 0 bridgehead atoms. The Kier molecular flexibility index (Phi) is 5.48. The number of hydrogen-bond donors (Lipinski definition) is 1. The van der Waals surface area contributed by atoms with Gasteiger partial charge < -0.3 is 14.5 Å². The lowest BCUT2D eigenvalue weighted by atomic mass is 10.1. The van der Waals surface area contributed by atoms with Crippen LogP contribution < -0.4 is 10.1 Å². The third kappa shape index (κ3) is 4.58. The fourth-order valence-corrected chi connectivity index (χ4v) is 2.38. The Balaban J connectivity index is 1.57. The number of ether oxygens (including phenoxy) is 1. The largest absolute Gasteiger partial charge is 0.486 e. The summed E-state index contributed by atoms with van der Waals surface area (Å²) in [7, 11) is 0. The molecular formula is C19H15BrN2O4. The van der Waals surface area contributed by atoms with Gasteiger partial charge in [0.05, 0.1) is 0 Å². The molecule has 1 aromatic carbocycles. The standard InChI is InChI=1S/C19H15BrN2O4/c1-12(23)13-2-5-15(6-3-13)25-11-16-7-8-17(26-16)19(24)22-18-9-4-14(20)10-21-18/h2-10H,11H2,1H3,(H,21,22,24). The summed E-state index contributed by atoms with van der Waals surface area (Å²) in [6.07, 6.45) is 1.59. The van der Waals surface area contributed by atoms with Crippen LogP contribution in [0.25, 0.3) is 0 Å². The number of hydrogen-bond acceptors (Lipinski definition) is 5. The van der Waals surface area contributed by atoms with Gasteiger partial charge in [-0.2, -0.15) is 0 Å². The number of nitrogens with zero attached hydrogens (tertiary/aromatic N) is 1. The number of rotatable bonds is 6. The van der Waals surface area contributed by atoms with Gasteiger partial charge in [0.25, 0.3) is 5.91 Å². The minimum absolute atomic E-state index is 0.00139. The SMILES string of the molecule is CC(=O)c1ccc(OCc2ccc(C(=O)Nc3ccc(Br)cn3)o2)cc1. The zero-order valence-corrected chi connectivity index (χ0v) is 15.4. The van der Waals surface area contributed by atoms with Crippen LogP contribution in [0.2, 0.25) is 0 Å². The maximum Gasteiger partial charge on any atom is 0.292 e. The summed E-state index contributed by atoms with van der Waals surface area (Å²) >= 11 is 3.28. The Morgan fingerprint density at radius 3 is 2.54 bits per heavy atom. The molecular weight excluding hydrogens is 400 g/mol. The van der Waals surface area contributed by atoms with E-state index >= 15 is 0 Å². The Morgan fingerprint density at radius 1 is 1.12 bits per heavy atom. The molecule has 3 rings (SSSR count). The molecule has 6 nitrogen and oxygen atoms in total. The van der Waals surface area contributed by atoms with Crippen molar-refractivity contribution in [3.05, 3.63) is 76.3 Å². The average Bonchev–Trinajstić information content (AvgIpc) is 3.11. The predicted octanol–water partition coefficient (Wildman–Crippen LogP) is 4.47. The molecule has 0 unspecified atom stereocenters. The maximum atomic E-state index is 12.2. The van der Waals surface area contributed by atoms with Gasteiger partial charge in [-0.25, -0.2) is 4.98 Å². The fraction of sp³-hybridized carbons (Fsp3) is 0.105. The van der Waals surface area contributed by atoms with Gasteiger partial charge in [0.15, 0.2) is 11.5 Å². The van der Waals surface area contributed by atoms with Crippen molar-refractivity contribution in [1.82, 2.24) is 4.98 Å². The highest BCUT2D eigenvalue weighted by Gasteiger charge is 2.12. The van der Waals surface area contributed by atoms with Crippen molar-refractivity contribution in [1.29, 1.82) is 0 Å². The average molecular weight is 415 g/mol. The van der Waals surface area contributed by atoms with E-state index in [1.807, 2.05) is 0 Å². The number of nitrogens with one attached hydrogen (secondary N) is 1. The van der Waals surface area contributed by atoms with E-state index in [9.17, 15) is 9.59 Å². The summed E-state index contributed by atoms with van der Waals surface area (Å²) in [6.45, 7) is 1.68. The van der Waals surface area contributed by atoms with Gasteiger partial charge in [0.2, 0.25) is 0 Å². The third-order valence-corrected chi connectivity index (χ3v) is 3.97. The number of Topliss-reactive ketones (excluding diaryl/α,β-unsaturated/α-hetero) is 1. The first kappa shape index (κ1) is 17.9. The molecule has 132 valence electrons. The Bertz CT molecular complexity index is 917. The van der Waals surface area contributed by atoms with E-state index in [2.05, 4.69) is 26.2 Å². The summed E-state index contributed by atoms with van der Waals surface area (Å²) < 4.78 is 11.9. The van der Waals surface area contributed by atoms with Gasteiger partial charge in [-0.3, -0.25) is 9.59 Å². The summed E-state index contributed by atoms with van der Waals surface area (Å²) in [5, 5.41) is 2.65. The van der Waals surface area contributed by atoms with Crippen LogP contribution in [0.15, 0.2) is 63.6 Å². The molecule has 7 heteroatoms. The van der Waals surface area contributed by atoms with E-state index in [-0.39, 0.29) is 18.2 Å². The minimum atomic E-state index is -0.392. The lowest BCUT2D eigenvalue weighted by molar-refractivity contribution is 0.0990. The van der Waals surface area contributed by atoms with Crippen molar-refractivity contribution in [3.8, 4) is 5.75 Å². The highest BCUT2D eigenvalue weighted by atomic mass is 79.9. The van der Waals surface area contributed by atoms with E-state index < -0.39 is 5.91 Å². The lowest BCUT2D eigenvalue weighted by Gasteiger charge is -2.05. The van der Waals surface area contributed by atoms with E-state index in [0.717, 1.165) is 4.47 Å². The number of amides is 1. The first-order valence-corrected chi connectivity index (χ1v) is 8.56. The Morgan fingerprint density at radius 2 is 1.88 bits per heavy atom. The van der Waals surface area contributed by atoms with Crippen molar-refractivity contribution in [2.45, 2.75) is 13.5 Å². The first-order valence-electron chi connectivity index (χ1n) is 7.77. The number of anilines is 1. The van der Waals surface area contributed by atoms with Crippen LogP contribution in [0.5, 0.6) is 5.75 Å². The number of pyridine rings is 1. The highest BCUT2D eigenvalue weighted by molar-refractivity contribution is 9.10. The van der Waals surface area contributed by atoms with Crippen LogP contribution >= 0.6 is 15.9 Å². The predicted molar refractivity (Wildman–Crippen MR) is 99.4 cm³/mol. The van der Waals surface area contributed by atoms with E-state index in [0.29, 0.717) is 22.9 Å². The van der Waals surface area contributed by atoms with Crippen molar-refractivity contribution in [2.24, 2.45) is 0 Å². The second kappa shape index (κ2) is 7.97. The number of carbonyl (C=O) groups excluding carboxylic acids is 2. The number of benzene rings is 1. The Labute approximate surface area is 158 Å². The molecule has 0 radical (unpaired) electrons. The molecule has 3 aromatic rings. The van der Waals surface area contributed by atoms with Crippen molar-refractivity contribution >= 4 is 33.4 Å². The van der Waals surface area contributed by atoms with Crippen LogP contribution in [0.3, 0.4) is 0 Å². The number of halogens is 1. The molecule has 0 atom stereocenters. The molecule has 1 amide bonds. The van der Waals surface area contributed by atoms with E-state index in [4.69, 9.17) is 9.15 Å². The topological polar surface area (TPSA) is 81.4 Å². The maximum absolute atomic E-state index is 12.2. The van der Waals surface area contributed by atoms with E-state index in [1.165, 1.54) is 6.92 Å². The quantitative estimate of drug-likeness (QED) is 0.601. The van der Waals surface area contributed by atoms with Gasteiger partial charge in [-0.15, -0.1) is 0 Å². The number of aromatic nitrogens is 1. The first-order chi connectivity index (χ1) is 12.5. The second-order valence-electron chi connectivity index (χ2n) is 5.45. The number of ketones is 1. The number of carbonyl (C=O) groups is 2. The normalized spacial score (nSPS) is 10.4. The van der Waals surface area contributed by atoms with Crippen LogP contribution in [-0.2, 0) is 6.61 Å². The van der Waals surface area contributed by atoms with Crippen molar-refractivity contribution in [2.75, 3.05) is 5.32 Å². The molecule has 0 spiro atoms. The zero-order chi connectivity index (χ0) is 18.5. The van der Waals surface area contributed by atoms with Gasteiger partial charge in [0, 0.05) is 16.2 Å². The van der Waals surface area contributed by atoms with Crippen molar-refractivity contribution < 1.29 is 18.7 Å². The second-order valence-corrected chi connectivity index (χ2v) is 6.37. The lowest BCUT2D eigenvalue weighted by Crippen LogP contribution is -2.11. The third-order valence-electron chi connectivity index (χ3n) is 3.50. The number of furan rings is 1. The van der Waals surface area contributed by atoms with Gasteiger partial charge in [0.1, 0.15) is 23.9 Å². The molecule has 0 fully saturated rings. The van der Waals surface area contributed by atoms with Gasteiger partial charge in [-0.05, 0) is 71.4 Å². The molecule has 0 saturated heterocycles. The monoisotopic (exact) mass is 414 g/mol. The molecule has 0 aliphatic rings. The van der Waals surface area contributed by atoms with Gasteiger partial charge >= 0.3 is 0 Å². The Hall–Kier alpha value is -2.93. The zero-order valence-electron chi connectivity index (χ0n) is 13.9. The molecule has 0 saturated carbocycles. The summed E-state index contributed by atoms with van der Waals surface area (Å²) in [4.78, 5) is 27.5. The van der Waals surface area contributed by atoms with Crippen LogP contribution in [0, 0.1) is 0 Å². The summed E-state index contributed by atoms with van der Waals surface area (Å²) in [5.74, 6) is 1.32. The van der Waals surface area contributed by atoms with Crippen LogP contribution in [0.1, 0.15) is 33.6 Å². The fourth-order valence-electron chi connectivity index (χ4n) is 2.15. The van der Waals surface area contributed by atoms with Crippen LogP contribution in [-0.4, -0.2) is 16.7 Å². The molecule has 2 heterocycles. The molecule has 1 N–H and O–H groups in total. The van der Waals surface area contributed by atoms with Gasteiger partial charge in [-0.1, -0.05) is 0 Å². The van der Waals surface area contributed by atoms with E-state index in [1.54, 1.807) is 54.7 Å². The minimum Gasteiger partial charge on any atom is -0.486 e.